The van der Waals surface area contributed by atoms with Gasteiger partial charge in [-0.2, -0.15) is 4.31 Å². The van der Waals surface area contributed by atoms with Crippen LogP contribution in [0.1, 0.15) is 49.5 Å². The van der Waals surface area contributed by atoms with Crippen molar-refractivity contribution in [3.63, 3.8) is 0 Å². The maximum atomic E-state index is 13.5. The summed E-state index contributed by atoms with van der Waals surface area (Å²) in [5.41, 5.74) is 0.539. The number of pyridine rings is 1. The summed E-state index contributed by atoms with van der Waals surface area (Å²) in [6, 6.07) is 5.57. The van der Waals surface area contributed by atoms with Crippen LogP contribution >= 0.6 is 0 Å². The number of sulfonamides is 1. The van der Waals surface area contributed by atoms with Gasteiger partial charge in [0.1, 0.15) is 23.6 Å². The molecule has 2 aromatic rings. The van der Waals surface area contributed by atoms with Crippen LogP contribution in [0.15, 0.2) is 41.4 Å². The first-order chi connectivity index (χ1) is 18.0. The van der Waals surface area contributed by atoms with E-state index in [0.29, 0.717) is 12.0 Å². The average Bonchev–Trinajstić information content (AvgIpc) is 2.89. The fraction of sp³-hybridized carbons (Fsp3) is 0.481. The van der Waals surface area contributed by atoms with E-state index in [1.807, 2.05) is 13.8 Å². The number of hydrogen-bond acceptors (Lipinski definition) is 7. The smallest absolute Gasteiger partial charge is 0.259 e. The van der Waals surface area contributed by atoms with Gasteiger partial charge in [-0.05, 0) is 43.7 Å². The Kier molecular flexibility index (Phi) is 9.84. The molecule has 206 valence electrons. The lowest BCUT2D eigenvalue weighted by atomic mass is 10.0. The van der Waals surface area contributed by atoms with E-state index < -0.39 is 40.0 Å². The third-order valence-electron chi connectivity index (χ3n) is 6.43. The average molecular weight is 548 g/mol. The first-order valence-electron chi connectivity index (χ1n) is 12.5. The molecule has 2 N–H and O–H groups in total. The number of aliphatic hydroxyl groups excluding tert-OH is 2. The van der Waals surface area contributed by atoms with Gasteiger partial charge in [0.2, 0.25) is 15.9 Å². The summed E-state index contributed by atoms with van der Waals surface area (Å²) in [6.45, 7) is 5.33. The number of amides is 1. The molecule has 1 aromatic carbocycles. The summed E-state index contributed by atoms with van der Waals surface area (Å²) in [5.74, 6) is 4.32. The van der Waals surface area contributed by atoms with Gasteiger partial charge in [0.15, 0.2) is 0 Å². The van der Waals surface area contributed by atoms with E-state index >= 15 is 0 Å². The molecule has 0 aliphatic carbocycles. The highest BCUT2D eigenvalue weighted by atomic mass is 32.2. The molecule has 0 radical (unpaired) electrons. The minimum absolute atomic E-state index is 0.0222. The molecule has 1 aliphatic rings. The van der Waals surface area contributed by atoms with Gasteiger partial charge < -0.3 is 19.8 Å². The minimum Gasteiger partial charge on any atom is -0.472 e. The van der Waals surface area contributed by atoms with Gasteiger partial charge in [0, 0.05) is 31.3 Å². The van der Waals surface area contributed by atoms with Crippen LogP contribution in [-0.2, 0) is 10.0 Å². The fourth-order valence-corrected chi connectivity index (χ4v) is 5.22. The third kappa shape index (κ3) is 6.88. The summed E-state index contributed by atoms with van der Waals surface area (Å²) in [5, 5.41) is 19.8. The van der Waals surface area contributed by atoms with Gasteiger partial charge in [-0.25, -0.2) is 17.8 Å². The molecular weight excluding hydrogens is 513 g/mol. The molecule has 1 aliphatic heterocycles. The lowest BCUT2D eigenvalue weighted by Crippen LogP contribution is -2.50. The molecule has 9 nitrogen and oxygen atoms in total. The van der Waals surface area contributed by atoms with E-state index in [-0.39, 0.29) is 42.0 Å². The zero-order chi connectivity index (χ0) is 28.0. The number of carbonyl (C=O) groups excluding carboxylic acids is 1. The van der Waals surface area contributed by atoms with Gasteiger partial charge in [-0.15, -0.1) is 0 Å². The highest BCUT2D eigenvalue weighted by Crippen LogP contribution is 2.28. The Labute approximate surface area is 223 Å². The predicted octanol–water partition coefficient (Wildman–Crippen LogP) is 2.27. The van der Waals surface area contributed by atoms with Gasteiger partial charge in [0.25, 0.3) is 5.91 Å². The Hall–Kier alpha value is -3.04. The Morgan fingerprint density at radius 2 is 2.00 bits per heavy atom. The Morgan fingerprint density at radius 1 is 1.32 bits per heavy atom. The SMILES string of the molecule is CCCC(O)C#Cc1cnc2c(c1)C(=O)N([C@H](C)CO)C[C@H](C)[C@H](CN(C)S(=O)(=O)c1ccc(F)cc1)O2. The van der Waals surface area contributed by atoms with Crippen LogP contribution in [-0.4, -0.2) is 83.7 Å². The maximum Gasteiger partial charge on any atom is 0.259 e. The van der Waals surface area contributed by atoms with Gasteiger partial charge in [0.05, 0.1) is 24.1 Å². The number of aliphatic hydroxyl groups is 2. The molecule has 1 unspecified atom stereocenters. The van der Waals surface area contributed by atoms with Gasteiger partial charge in [-0.1, -0.05) is 32.1 Å². The van der Waals surface area contributed by atoms with E-state index in [2.05, 4.69) is 16.8 Å². The van der Waals surface area contributed by atoms with Crippen LogP contribution in [0.3, 0.4) is 0 Å². The van der Waals surface area contributed by atoms with Crippen LogP contribution in [0.25, 0.3) is 0 Å². The molecule has 1 aromatic heterocycles. The van der Waals surface area contributed by atoms with E-state index in [9.17, 15) is 27.8 Å². The molecule has 0 saturated heterocycles. The second-order valence-electron chi connectivity index (χ2n) is 9.51. The van der Waals surface area contributed by atoms with Crippen molar-refractivity contribution < 1.29 is 32.6 Å². The molecule has 2 heterocycles. The van der Waals surface area contributed by atoms with E-state index in [4.69, 9.17) is 4.74 Å². The van der Waals surface area contributed by atoms with Crippen molar-refractivity contribution in [3.8, 4) is 17.7 Å². The van der Waals surface area contributed by atoms with Crippen LogP contribution in [0.2, 0.25) is 0 Å². The maximum absolute atomic E-state index is 13.5. The number of aromatic nitrogens is 1. The highest BCUT2D eigenvalue weighted by molar-refractivity contribution is 7.89. The summed E-state index contributed by atoms with van der Waals surface area (Å²) < 4.78 is 46.8. The number of fused-ring (bicyclic) bond motifs is 1. The number of rotatable bonds is 8. The molecule has 0 spiro atoms. The van der Waals surface area contributed by atoms with E-state index in [0.717, 1.165) is 22.9 Å². The third-order valence-corrected chi connectivity index (χ3v) is 8.26. The number of carbonyl (C=O) groups is 1. The number of nitrogens with zero attached hydrogens (tertiary/aromatic N) is 3. The molecule has 38 heavy (non-hydrogen) atoms. The lowest BCUT2D eigenvalue weighted by molar-refractivity contribution is 0.0373. The molecule has 0 fully saturated rings. The van der Waals surface area contributed by atoms with Gasteiger partial charge in [-0.3, -0.25) is 4.79 Å². The van der Waals surface area contributed by atoms with Crippen molar-refractivity contribution in [2.75, 3.05) is 26.7 Å². The quantitative estimate of drug-likeness (QED) is 0.487. The Balaban J connectivity index is 1.96. The van der Waals surface area contributed by atoms with Crippen molar-refractivity contribution in [1.82, 2.24) is 14.2 Å². The fourth-order valence-electron chi connectivity index (χ4n) is 4.04. The second kappa shape index (κ2) is 12.7. The molecule has 4 atom stereocenters. The van der Waals surface area contributed by atoms with Crippen molar-refractivity contribution in [1.29, 1.82) is 0 Å². The lowest BCUT2D eigenvalue weighted by Gasteiger charge is -2.37. The number of likely N-dealkylation sites (N-methyl/N-ethyl adjacent to an activating group) is 1. The zero-order valence-electron chi connectivity index (χ0n) is 22.0. The molecule has 11 heteroatoms. The number of ether oxygens (including phenoxy) is 1. The van der Waals surface area contributed by atoms with E-state index in [1.54, 1.807) is 6.92 Å². The number of benzene rings is 1. The molecule has 3 rings (SSSR count). The molecular formula is C27H34FN3O6S. The van der Waals surface area contributed by atoms with Crippen LogP contribution in [0, 0.1) is 23.6 Å². The number of halogens is 1. The zero-order valence-corrected chi connectivity index (χ0v) is 22.8. The Bertz CT molecular complexity index is 1290. The van der Waals surface area contributed by atoms with Crippen LogP contribution < -0.4 is 4.74 Å². The summed E-state index contributed by atoms with van der Waals surface area (Å²) in [7, 11) is -2.54. The van der Waals surface area contributed by atoms with Gasteiger partial charge >= 0.3 is 0 Å². The molecule has 1 amide bonds. The van der Waals surface area contributed by atoms with E-state index in [1.165, 1.54) is 36.3 Å². The first-order valence-corrected chi connectivity index (χ1v) is 13.9. The molecule has 0 bridgehead atoms. The normalized spacial score (nSPS) is 19.5. The largest absolute Gasteiger partial charge is 0.472 e. The van der Waals surface area contributed by atoms with Crippen molar-refractivity contribution in [2.45, 2.75) is 56.8 Å². The summed E-state index contributed by atoms with van der Waals surface area (Å²) in [4.78, 5) is 19.3. The summed E-state index contributed by atoms with van der Waals surface area (Å²) >= 11 is 0. The Morgan fingerprint density at radius 3 is 2.63 bits per heavy atom. The van der Waals surface area contributed by atoms with Crippen molar-refractivity contribution in [3.05, 3.63) is 53.5 Å². The minimum atomic E-state index is -3.95. The summed E-state index contributed by atoms with van der Waals surface area (Å²) in [6.07, 6.45) is 1.21. The predicted molar refractivity (Wildman–Crippen MR) is 139 cm³/mol. The molecule has 0 saturated carbocycles. The van der Waals surface area contributed by atoms with Crippen LogP contribution in [0.5, 0.6) is 5.88 Å². The topological polar surface area (TPSA) is 120 Å². The van der Waals surface area contributed by atoms with Crippen molar-refractivity contribution in [2.24, 2.45) is 5.92 Å². The standard InChI is InChI=1S/C27H34FN3O6S/c1-5-6-22(33)10-7-20-13-24-26(29-14-20)37-25(18(2)15-31(27(24)34)19(3)17-32)16-30(4)38(35,36)23-11-8-21(28)9-12-23/h8-9,11-14,18-19,22,25,32-33H,5-6,15-17H2,1-4H3/t18-,19+,22?,25-/m0/s1. The number of hydrogen-bond donors (Lipinski definition) is 2. The van der Waals surface area contributed by atoms with Crippen LogP contribution in [0.4, 0.5) is 4.39 Å². The monoisotopic (exact) mass is 547 g/mol. The first kappa shape index (κ1) is 29.5. The second-order valence-corrected chi connectivity index (χ2v) is 11.6. The highest BCUT2D eigenvalue weighted by Gasteiger charge is 2.36. The van der Waals surface area contributed by atoms with Crippen molar-refractivity contribution >= 4 is 15.9 Å².